The standard InChI is InChI=1S/C25H22FN3O4/c1-25(2,3)29-23(31)17-9-6-15(12-18(17)24(29)32)22(30)28-11-10-20-19(13-28)21(33-27-20)14-4-7-16(26)8-5-14/h4-9,12H,10-11,13H2,1-3H3. The van der Waals surface area contributed by atoms with Crippen LogP contribution < -0.4 is 0 Å². The van der Waals surface area contributed by atoms with E-state index in [9.17, 15) is 18.8 Å². The molecule has 2 aliphatic rings. The highest BCUT2D eigenvalue weighted by Crippen LogP contribution is 2.33. The Balaban J connectivity index is 1.43. The molecular weight excluding hydrogens is 425 g/mol. The Labute approximate surface area is 189 Å². The van der Waals surface area contributed by atoms with E-state index < -0.39 is 11.4 Å². The summed E-state index contributed by atoms with van der Waals surface area (Å²) in [6, 6.07) is 10.6. The second-order valence-electron chi connectivity index (χ2n) is 9.30. The number of rotatable bonds is 2. The average Bonchev–Trinajstić information content (AvgIpc) is 3.31. The van der Waals surface area contributed by atoms with Crippen molar-refractivity contribution >= 4 is 17.7 Å². The Morgan fingerprint density at radius 3 is 2.42 bits per heavy atom. The lowest BCUT2D eigenvalue weighted by atomic mass is 10.00. The maximum atomic E-state index is 13.3. The molecule has 33 heavy (non-hydrogen) atoms. The maximum Gasteiger partial charge on any atom is 0.262 e. The second-order valence-corrected chi connectivity index (χ2v) is 9.30. The zero-order valence-electron chi connectivity index (χ0n) is 18.5. The number of carbonyl (C=O) groups is 3. The molecule has 8 heteroatoms. The Hall–Kier alpha value is -3.81. The van der Waals surface area contributed by atoms with Crippen molar-refractivity contribution < 1.29 is 23.3 Å². The van der Waals surface area contributed by atoms with Gasteiger partial charge in [0.1, 0.15) is 5.82 Å². The van der Waals surface area contributed by atoms with Crippen molar-refractivity contribution in [3.63, 3.8) is 0 Å². The van der Waals surface area contributed by atoms with Crippen LogP contribution in [-0.4, -0.2) is 44.8 Å². The van der Waals surface area contributed by atoms with Gasteiger partial charge in [-0.2, -0.15) is 0 Å². The van der Waals surface area contributed by atoms with Crippen LogP contribution in [0.15, 0.2) is 47.0 Å². The maximum absolute atomic E-state index is 13.3. The molecule has 0 fully saturated rings. The normalized spacial score (nSPS) is 15.6. The molecule has 0 saturated carbocycles. The molecular formula is C25H22FN3O4. The van der Waals surface area contributed by atoms with Gasteiger partial charge in [-0.25, -0.2) is 4.39 Å². The summed E-state index contributed by atoms with van der Waals surface area (Å²) in [5.74, 6) is -0.825. The van der Waals surface area contributed by atoms with E-state index in [1.807, 2.05) is 0 Å². The van der Waals surface area contributed by atoms with Gasteiger partial charge in [0, 0.05) is 35.2 Å². The fraction of sp³-hybridized carbons (Fsp3) is 0.280. The van der Waals surface area contributed by atoms with Gasteiger partial charge in [-0.3, -0.25) is 19.3 Å². The van der Waals surface area contributed by atoms with Crippen LogP contribution in [0.2, 0.25) is 0 Å². The molecule has 3 amide bonds. The SMILES string of the molecule is CC(C)(C)N1C(=O)c2ccc(C(=O)N3CCc4noc(-c5ccc(F)cc5)c4C3)cc2C1=O. The van der Waals surface area contributed by atoms with Crippen LogP contribution in [0, 0.1) is 5.82 Å². The highest BCUT2D eigenvalue weighted by Gasteiger charge is 2.42. The molecule has 0 radical (unpaired) electrons. The number of imide groups is 1. The lowest BCUT2D eigenvalue weighted by Crippen LogP contribution is -2.45. The van der Waals surface area contributed by atoms with Gasteiger partial charge in [-0.05, 0) is 63.2 Å². The third-order valence-electron chi connectivity index (χ3n) is 6.04. The van der Waals surface area contributed by atoms with Crippen LogP contribution in [0.25, 0.3) is 11.3 Å². The minimum Gasteiger partial charge on any atom is -0.356 e. The molecule has 0 bridgehead atoms. The summed E-state index contributed by atoms with van der Waals surface area (Å²) in [5.41, 5.74) is 2.48. The highest BCUT2D eigenvalue weighted by atomic mass is 19.1. The molecule has 0 atom stereocenters. The number of benzene rings is 2. The van der Waals surface area contributed by atoms with Gasteiger partial charge >= 0.3 is 0 Å². The first-order valence-corrected chi connectivity index (χ1v) is 10.7. The fourth-order valence-corrected chi connectivity index (χ4v) is 4.38. The Morgan fingerprint density at radius 1 is 1.03 bits per heavy atom. The smallest absolute Gasteiger partial charge is 0.262 e. The van der Waals surface area contributed by atoms with E-state index in [4.69, 9.17) is 4.52 Å². The van der Waals surface area contributed by atoms with E-state index in [0.29, 0.717) is 35.4 Å². The van der Waals surface area contributed by atoms with Crippen LogP contribution in [0.5, 0.6) is 0 Å². The van der Waals surface area contributed by atoms with Crippen LogP contribution in [0.1, 0.15) is 63.1 Å². The van der Waals surface area contributed by atoms with Crippen molar-refractivity contribution in [3.05, 3.63) is 76.2 Å². The van der Waals surface area contributed by atoms with Crippen molar-refractivity contribution in [1.82, 2.24) is 15.0 Å². The molecule has 0 spiro atoms. The first-order chi connectivity index (χ1) is 15.6. The molecule has 7 nitrogen and oxygen atoms in total. The predicted octanol–water partition coefficient (Wildman–Crippen LogP) is 4.07. The lowest BCUT2D eigenvalue weighted by Gasteiger charge is -2.29. The first-order valence-electron chi connectivity index (χ1n) is 10.7. The summed E-state index contributed by atoms with van der Waals surface area (Å²) in [4.78, 5) is 41.8. The number of aromatic nitrogens is 1. The molecule has 168 valence electrons. The van der Waals surface area contributed by atoms with Gasteiger partial charge in [0.2, 0.25) is 0 Å². The summed E-state index contributed by atoms with van der Waals surface area (Å²) >= 11 is 0. The summed E-state index contributed by atoms with van der Waals surface area (Å²) in [7, 11) is 0. The third kappa shape index (κ3) is 3.42. The van der Waals surface area contributed by atoms with Gasteiger partial charge in [0.25, 0.3) is 17.7 Å². The average molecular weight is 447 g/mol. The molecule has 0 unspecified atom stereocenters. The molecule has 0 aliphatic carbocycles. The Bertz CT molecular complexity index is 1300. The van der Waals surface area contributed by atoms with Crippen LogP contribution in [-0.2, 0) is 13.0 Å². The van der Waals surface area contributed by atoms with Crippen molar-refractivity contribution in [3.8, 4) is 11.3 Å². The van der Waals surface area contributed by atoms with Gasteiger partial charge in [-0.1, -0.05) is 5.16 Å². The third-order valence-corrected chi connectivity index (χ3v) is 6.04. The molecule has 3 aromatic rings. The number of nitrogens with zero attached hydrogens (tertiary/aromatic N) is 3. The Morgan fingerprint density at radius 2 is 1.73 bits per heavy atom. The highest BCUT2D eigenvalue weighted by molar-refractivity contribution is 6.22. The molecule has 3 heterocycles. The molecule has 0 saturated heterocycles. The fourth-order valence-electron chi connectivity index (χ4n) is 4.38. The predicted molar refractivity (Wildman–Crippen MR) is 117 cm³/mol. The molecule has 0 N–H and O–H groups in total. The minimum absolute atomic E-state index is 0.246. The van der Waals surface area contributed by atoms with Crippen molar-refractivity contribution in [2.45, 2.75) is 39.3 Å². The van der Waals surface area contributed by atoms with Crippen LogP contribution in [0.3, 0.4) is 0 Å². The van der Waals surface area contributed by atoms with E-state index in [1.54, 1.807) is 49.9 Å². The zero-order valence-corrected chi connectivity index (χ0v) is 18.5. The summed E-state index contributed by atoms with van der Waals surface area (Å²) in [6.45, 7) is 6.11. The molecule has 1 aromatic heterocycles. The summed E-state index contributed by atoms with van der Waals surface area (Å²) < 4.78 is 18.8. The van der Waals surface area contributed by atoms with Gasteiger partial charge in [0.05, 0.1) is 23.4 Å². The molecule has 2 aromatic carbocycles. The van der Waals surface area contributed by atoms with Crippen molar-refractivity contribution in [2.24, 2.45) is 0 Å². The van der Waals surface area contributed by atoms with E-state index in [0.717, 1.165) is 11.3 Å². The van der Waals surface area contributed by atoms with Gasteiger partial charge in [-0.15, -0.1) is 0 Å². The van der Waals surface area contributed by atoms with Crippen LogP contribution >= 0.6 is 0 Å². The second kappa shape index (κ2) is 7.37. The minimum atomic E-state index is -0.661. The zero-order chi connectivity index (χ0) is 23.5. The number of amides is 3. The van der Waals surface area contributed by atoms with Crippen molar-refractivity contribution in [1.29, 1.82) is 0 Å². The summed E-state index contributed by atoms with van der Waals surface area (Å²) in [6.07, 6.45) is 0.520. The number of carbonyl (C=O) groups excluding carboxylic acids is 3. The van der Waals surface area contributed by atoms with Gasteiger partial charge in [0.15, 0.2) is 5.76 Å². The molecule has 2 aliphatic heterocycles. The van der Waals surface area contributed by atoms with Crippen LogP contribution in [0.4, 0.5) is 4.39 Å². The number of hydrogen-bond donors (Lipinski definition) is 0. The van der Waals surface area contributed by atoms with E-state index >= 15 is 0 Å². The number of halogens is 1. The lowest BCUT2D eigenvalue weighted by molar-refractivity contribution is 0.0507. The quantitative estimate of drug-likeness (QED) is 0.553. The monoisotopic (exact) mass is 447 g/mol. The van der Waals surface area contributed by atoms with Crippen molar-refractivity contribution in [2.75, 3.05) is 6.54 Å². The van der Waals surface area contributed by atoms with E-state index in [-0.39, 0.29) is 29.7 Å². The number of hydrogen-bond acceptors (Lipinski definition) is 5. The molecule has 5 rings (SSSR count). The Kier molecular flexibility index (Phi) is 4.70. The summed E-state index contributed by atoms with van der Waals surface area (Å²) in [5, 5.41) is 4.12. The van der Waals surface area contributed by atoms with E-state index in [2.05, 4.69) is 5.16 Å². The van der Waals surface area contributed by atoms with Gasteiger partial charge < -0.3 is 9.42 Å². The largest absolute Gasteiger partial charge is 0.356 e. The van der Waals surface area contributed by atoms with E-state index in [1.165, 1.54) is 23.1 Å². The first kappa shape index (κ1) is 21.1. The topological polar surface area (TPSA) is 83.7 Å². The number of fused-ring (bicyclic) bond motifs is 2.